The van der Waals surface area contributed by atoms with E-state index in [2.05, 4.69) is 4.98 Å². The van der Waals surface area contributed by atoms with Gasteiger partial charge in [-0.1, -0.05) is 22.9 Å². The zero-order valence-corrected chi connectivity index (χ0v) is 13.2. The summed E-state index contributed by atoms with van der Waals surface area (Å²) in [6.07, 6.45) is 0.174. The van der Waals surface area contributed by atoms with Gasteiger partial charge in [0.25, 0.3) is 0 Å². The Morgan fingerprint density at radius 2 is 2.24 bits per heavy atom. The Kier molecular flexibility index (Phi) is 3.64. The summed E-state index contributed by atoms with van der Waals surface area (Å²) in [5.74, 6) is -0.608. The van der Waals surface area contributed by atoms with Crippen LogP contribution < -0.4 is 10.0 Å². The van der Waals surface area contributed by atoms with Gasteiger partial charge in [0.2, 0.25) is 15.9 Å². The van der Waals surface area contributed by atoms with Crippen molar-refractivity contribution >= 4 is 54.2 Å². The lowest BCUT2D eigenvalue weighted by Gasteiger charge is -2.12. The van der Waals surface area contributed by atoms with Crippen LogP contribution in [-0.2, 0) is 14.8 Å². The zero-order chi connectivity index (χ0) is 15.2. The molecular formula is C12H12ClN3O3S2. The first-order valence-electron chi connectivity index (χ1n) is 6.19. The minimum Gasteiger partial charge on any atom is -0.288 e. The van der Waals surface area contributed by atoms with Gasteiger partial charge in [0, 0.05) is 23.9 Å². The molecule has 2 heterocycles. The maximum Gasteiger partial charge on any atom is 0.229 e. The molecule has 0 saturated carbocycles. The number of rotatable bonds is 3. The van der Waals surface area contributed by atoms with Crippen LogP contribution in [0.15, 0.2) is 18.2 Å². The van der Waals surface area contributed by atoms with Crippen molar-refractivity contribution in [2.24, 2.45) is 11.1 Å². The molecule has 1 saturated heterocycles. The summed E-state index contributed by atoms with van der Waals surface area (Å²) in [4.78, 5) is 18.0. The van der Waals surface area contributed by atoms with Crippen molar-refractivity contribution in [3.05, 3.63) is 23.2 Å². The molecule has 1 aliphatic rings. The van der Waals surface area contributed by atoms with E-state index < -0.39 is 10.0 Å². The molecule has 3 rings (SSSR count). The van der Waals surface area contributed by atoms with Gasteiger partial charge in [0.15, 0.2) is 5.13 Å². The van der Waals surface area contributed by atoms with E-state index in [1.54, 1.807) is 12.1 Å². The third-order valence-electron chi connectivity index (χ3n) is 3.24. The third kappa shape index (κ3) is 3.18. The van der Waals surface area contributed by atoms with E-state index >= 15 is 0 Å². The van der Waals surface area contributed by atoms with E-state index in [1.165, 1.54) is 16.2 Å². The molecule has 1 fully saturated rings. The van der Waals surface area contributed by atoms with Gasteiger partial charge in [-0.05, 0) is 18.2 Å². The van der Waals surface area contributed by atoms with Crippen LogP contribution >= 0.6 is 22.9 Å². The van der Waals surface area contributed by atoms with Gasteiger partial charge in [-0.15, -0.1) is 0 Å². The van der Waals surface area contributed by atoms with E-state index in [0.29, 0.717) is 16.7 Å². The predicted molar refractivity (Wildman–Crippen MR) is 83.1 cm³/mol. The molecule has 6 nitrogen and oxygen atoms in total. The minimum atomic E-state index is -3.58. The Labute approximate surface area is 130 Å². The van der Waals surface area contributed by atoms with Gasteiger partial charge in [-0.25, -0.2) is 18.5 Å². The highest BCUT2D eigenvalue weighted by Gasteiger charge is 2.34. The molecule has 1 aliphatic heterocycles. The number of carbonyl (C=O) groups is 1. The number of halogens is 1. The highest BCUT2D eigenvalue weighted by molar-refractivity contribution is 7.89. The van der Waals surface area contributed by atoms with Gasteiger partial charge in [-0.3, -0.25) is 9.69 Å². The van der Waals surface area contributed by atoms with Crippen LogP contribution in [0.4, 0.5) is 5.13 Å². The standard InChI is InChI=1S/C12H12ClN3O3S2/c13-8-1-2-10-9(4-8)15-12(20-10)16-5-7(3-11(16)17)6-21(14,18)19/h1-2,4,7H,3,5-6H2,(H2,14,18,19). The number of carbonyl (C=O) groups excluding carboxylic acids is 1. The Bertz CT molecular complexity index is 818. The number of hydrogen-bond donors (Lipinski definition) is 1. The SMILES string of the molecule is NS(=O)(=O)CC1CC(=O)N(c2nc3cc(Cl)ccc3s2)C1. The van der Waals surface area contributed by atoms with Crippen molar-refractivity contribution in [3.8, 4) is 0 Å². The van der Waals surface area contributed by atoms with Gasteiger partial charge in [0.05, 0.1) is 16.0 Å². The van der Waals surface area contributed by atoms with Crippen LogP contribution in [0.25, 0.3) is 10.2 Å². The number of primary sulfonamides is 1. The van der Waals surface area contributed by atoms with Crippen molar-refractivity contribution < 1.29 is 13.2 Å². The summed E-state index contributed by atoms with van der Waals surface area (Å²) < 4.78 is 23.2. The second-order valence-electron chi connectivity index (χ2n) is 5.01. The number of thiazole rings is 1. The summed E-state index contributed by atoms with van der Waals surface area (Å²) in [6.45, 7) is 0.322. The first-order chi connectivity index (χ1) is 9.82. The molecule has 0 spiro atoms. The van der Waals surface area contributed by atoms with Crippen molar-refractivity contribution in [2.45, 2.75) is 6.42 Å². The molecule has 1 aromatic carbocycles. The molecule has 0 radical (unpaired) electrons. The van der Waals surface area contributed by atoms with E-state index in [4.69, 9.17) is 16.7 Å². The monoisotopic (exact) mass is 345 g/mol. The van der Waals surface area contributed by atoms with E-state index in [-0.39, 0.29) is 24.0 Å². The van der Waals surface area contributed by atoms with Crippen molar-refractivity contribution in [2.75, 3.05) is 17.2 Å². The van der Waals surface area contributed by atoms with E-state index in [0.717, 1.165) is 10.2 Å². The lowest BCUT2D eigenvalue weighted by Crippen LogP contribution is -2.27. The second-order valence-corrected chi connectivity index (χ2v) is 8.12. The lowest BCUT2D eigenvalue weighted by atomic mass is 10.1. The highest BCUT2D eigenvalue weighted by atomic mass is 35.5. The van der Waals surface area contributed by atoms with Crippen LogP contribution in [0.3, 0.4) is 0 Å². The molecule has 2 aromatic rings. The summed E-state index contributed by atoms with van der Waals surface area (Å²) >= 11 is 7.30. The number of amides is 1. The number of anilines is 1. The van der Waals surface area contributed by atoms with Crippen molar-refractivity contribution in [1.29, 1.82) is 0 Å². The second kappa shape index (κ2) is 5.20. The first kappa shape index (κ1) is 14.7. The Morgan fingerprint density at radius 1 is 1.48 bits per heavy atom. The molecule has 1 unspecified atom stereocenters. The molecule has 0 bridgehead atoms. The van der Waals surface area contributed by atoms with Gasteiger partial charge in [0.1, 0.15) is 0 Å². The molecule has 21 heavy (non-hydrogen) atoms. The molecular weight excluding hydrogens is 334 g/mol. The number of sulfonamides is 1. The quantitative estimate of drug-likeness (QED) is 0.914. The van der Waals surface area contributed by atoms with E-state index in [1.807, 2.05) is 6.07 Å². The summed E-state index contributed by atoms with van der Waals surface area (Å²) in [7, 11) is -3.58. The van der Waals surface area contributed by atoms with E-state index in [9.17, 15) is 13.2 Å². The molecule has 1 amide bonds. The largest absolute Gasteiger partial charge is 0.288 e. The lowest BCUT2D eigenvalue weighted by molar-refractivity contribution is -0.117. The zero-order valence-electron chi connectivity index (χ0n) is 10.8. The fourth-order valence-corrected chi connectivity index (χ4v) is 4.43. The van der Waals surface area contributed by atoms with Crippen LogP contribution in [0.2, 0.25) is 5.02 Å². The van der Waals surface area contributed by atoms with Crippen molar-refractivity contribution in [1.82, 2.24) is 4.98 Å². The molecule has 0 aliphatic carbocycles. The fourth-order valence-electron chi connectivity index (χ4n) is 2.41. The first-order valence-corrected chi connectivity index (χ1v) is 9.10. The summed E-state index contributed by atoms with van der Waals surface area (Å²) in [6, 6.07) is 5.35. The average Bonchev–Trinajstić information content (AvgIpc) is 2.89. The number of nitrogens with zero attached hydrogens (tertiary/aromatic N) is 2. The summed E-state index contributed by atoms with van der Waals surface area (Å²) in [5.41, 5.74) is 0.727. The number of benzene rings is 1. The Balaban J connectivity index is 1.87. The van der Waals surface area contributed by atoms with Crippen LogP contribution in [0.1, 0.15) is 6.42 Å². The highest BCUT2D eigenvalue weighted by Crippen LogP contribution is 2.33. The Hall–Kier alpha value is -1.22. The average molecular weight is 346 g/mol. The fraction of sp³-hybridized carbons (Fsp3) is 0.333. The maximum absolute atomic E-state index is 12.0. The molecule has 2 N–H and O–H groups in total. The maximum atomic E-state index is 12.0. The van der Waals surface area contributed by atoms with Crippen molar-refractivity contribution in [3.63, 3.8) is 0 Å². The molecule has 1 atom stereocenters. The minimum absolute atomic E-state index is 0.131. The number of fused-ring (bicyclic) bond motifs is 1. The normalized spacial score (nSPS) is 19.6. The molecule has 1 aromatic heterocycles. The molecule has 112 valence electrons. The Morgan fingerprint density at radius 3 is 2.95 bits per heavy atom. The topological polar surface area (TPSA) is 93.4 Å². The van der Waals surface area contributed by atoms with Gasteiger partial charge < -0.3 is 0 Å². The summed E-state index contributed by atoms with van der Waals surface area (Å²) in [5, 5.41) is 6.18. The number of aromatic nitrogens is 1. The number of hydrogen-bond acceptors (Lipinski definition) is 5. The smallest absolute Gasteiger partial charge is 0.229 e. The predicted octanol–water partition coefficient (Wildman–Crippen LogP) is 1.59. The van der Waals surface area contributed by atoms with Crippen LogP contribution in [0.5, 0.6) is 0 Å². The number of nitrogens with two attached hydrogens (primary N) is 1. The molecule has 9 heteroatoms. The van der Waals surface area contributed by atoms with Gasteiger partial charge >= 0.3 is 0 Å². The van der Waals surface area contributed by atoms with Gasteiger partial charge in [-0.2, -0.15) is 0 Å². The van der Waals surface area contributed by atoms with Crippen LogP contribution in [-0.4, -0.2) is 31.6 Å². The van der Waals surface area contributed by atoms with Crippen LogP contribution in [0, 0.1) is 5.92 Å². The third-order valence-corrected chi connectivity index (χ3v) is 5.47.